The minimum atomic E-state index is -0.218. The second kappa shape index (κ2) is 8.97. The molecule has 0 unspecified atom stereocenters. The van der Waals surface area contributed by atoms with E-state index in [9.17, 15) is 10.5 Å². The number of nitrogens with zero attached hydrogens (tertiary/aromatic N) is 6. The van der Waals surface area contributed by atoms with Gasteiger partial charge in [-0.1, -0.05) is 68.0 Å². The van der Waals surface area contributed by atoms with Gasteiger partial charge in [0.05, 0.1) is 24.2 Å². The van der Waals surface area contributed by atoms with Gasteiger partial charge in [-0.05, 0) is 48.5 Å². The summed E-state index contributed by atoms with van der Waals surface area (Å²) < 4.78 is 5.06. The number of allylic oxidation sites excluding steroid dienone is 3. The van der Waals surface area contributed by atoms with Crippen molar-refractivity contribution < 1.29 is 0 Å². The first-order chi connectivity index (χ1) is 19.1. The molecule has 0 aromatic carbocycles. The molecule has 6 nitrogen and oxygen atoms in total. The third kappa shape index (κ3) is 3.31. The highest BCUT2D eigenvalue weighted by atomic mass is 32.1. The monoisotopic (exact) mass is 562 g/mol. The van der Waals surface area contributed by atoms with E-state index in [0.29, 0.717) is 5.00 Å². The molecule has 0 radical (unpaired) electrons. The number of rotatable bonds is 2. The van der Waals surface area contributed by atoms with E-state index in [4.69, 9.17) is 18.1 Å². The van der Waals surface area contributed by atoms with Gasteiger partial charge in [0.1, 0.15) is 17.8 Å². The predicted molar refractivity (Wildman–Crippen MR) is 159 cm³/mol. The fourth-order valence-corrected chi connectivity index (χ4v) is 11.9. The lowest BCUT2D eigenvalue weighted by Gasteiger charge is -2.36. The molecule has 2 saturated carbocycles. The van der Waals surface area contributed by atoms with Crippen molar-refractivity contribution in [2.24, 2.45) is 15.4 Å². The molecule has 2 spiro atoms. The first-order valence-electron chi connectivity index (χ1n) is 13.3. The summed E-state index contributed by atoms with van der Waals surface area (Å²) in [4.78, 5) is 17.1. The SMILES string of the molecule is [C-]#[N+]C(C#N)=NC1=CC2=C(c3sc4c(sc5cc(/N=C(/C#N)[N+]#[C-])sc54)c3C23CCCCC3)C12CCCCC2. The summed E-state index contributed by atoms with van der Waals surface area (Å²) in [5, 5.41) is 19.4. The van der Waals surface area contributed by atoms with Crippen LogP contribution >= 0.6 is 34.0 Å². The van der Waals surface area contributed by atoms with Crippen molar-refractivity contribution in [3.8, 4) is 12.1 Å². The van der Waals surface area contributed by atoms with Gasteiger partial charge in [-0.2, -0.15) is 0 Å². The Balaban J connectivity index is 1.47. The average Bonchev–Trinajstić information content (AvgIpc) is 3.73. The van der Waals surface area contributed by atoms with Gasteiger partial charge < -0.3 is 9.69 Å². The van der Waals surface area contributed by atoms with E-state index >= 15 is 0 Å². The number of hydrogen-bond acceptors (Lipinski definition) is 7. The molecule has 0 amide bonds. The fraction of sp³-hybridized carbons (Fsp3) is 0.400. The van der Waals surface area contributed by atoms with Crippen molar-refractivity contribution in [1.29, 1.82) is 10.5 Å². The van der Waals surface area contributed by atoms with Gasteiger partial charge in [-0.25, -0.2) is 10.5 Å². The molecule has 9 heteroatoms. The van der Waals surface area contributed by atoms with E-state index in [1.165, 1.54) is 66.1 Å². The molecule has 39 heavy (non-hydrogen) atoms. The van der Waals surface area contributed by atoms with Crippen molar-refractivity contribution in [2.75, 3.05) is 0 Å². The minimum Gasteiger partial charge on any atom is -0.351 e. The Labute approximate surface area is 238 Å². The zero-order valence-electron chi connectivity index (χ0n) is 21.1. The van der Waals surface area contributed by atoms with Crippen molar-refractivity contribution in [2.45, 2.75) is 69.6 Å². The Hall–Kier alpha value is -3.60. The van der Waals surface area contributed by atoms with E-state index in [0.717, 1.165) is 44.2 Å². The molecule has 0 saturated heterocycles. The lowest BCUT2D eigenvalue weighted by Crippen LogP contribution is -2.28. The predicted octanol–water partition coefficient (Wildman–Crippen LogP) is 9.31. The molecular formula is C30H22N6S3. The molecule has 0 atom stereocenters. The fourth-order valence-electron chi connectivity index (χ4n) is 7.46. The normalized spacial score (nSPS) is 21.5. The van der Waals surface area contributed by atoms with Crippen molar-refractivity contribution in [3.63, 3.8) is 0 Å². The number of nitriles is 2. The van der Waals surface area contributed by atoms with Gasteiger partial charge in [0.2, 0.25) is 5.00 Å². The number of thiophene rings is 3. The molecule has 0 aliphatic heterocycles. The van der Waals surface area contributed by atoms with Crippen molar-refractivity contribution in [1.82, 2.24) is 0 Å². The summed E-state index contributed by atoms with van der Waals surface area (Å²) in [6.45, 7) is 14.7. The molecular weight excluding hydrogens is 541 g/mol. The summed E-state index contributed by atoms with van der Waals surface area (Å²) in [5.74, 6) is -0.202. The van der Waals surface area contributed by atoms with Crippen molar-refractivity contribution in [3.05, 3.63) is 56.7 Å². The quantitative estimate of drug-likeness (QED) is 0.177. The van der Waals surface area contributed by atoms with Crippen LogP contribution in [0.4, 0.5) is 5.00 Å². The van der Waals surface area contributed by atoms with E-state index in [1.807, 2.05) is 40.9 Å². The number of amidine groups is 2. The summed E-state index contributed by atoms with van der Waals surface area (Å²) >= 11 is 5.29. The summed E-state index contributed by atoms with van der Waals surface area (Å²) in [5.41, 5.74) is 5.07. The molecule has 7 rings (SSSR count). The largest absolute Gasteiger partial charge is 0.351 e. The highest BCUT2D eigenvalue weighted by Crippen LogP contribution is 2.70. The van der Waals surface area contributed by atoms with Crippen LogP contribution in [0.2, 0.25) is 0 Å². The minimum absolute atomic E-state index is 0.0279. The topological polar surface area (TPSA) is 81.0 Å². The number of hydrogen-bond donors (Lipinski definition) is 0. The summed E-state index contributed by atoms with van der Waals surface area (Å²) in [6, 6.07) is 5.91. The van der Waals surface area contributed by atoms with Crippen LogP contribution in [0.3, 0.4) is 0 Å². The first-order valence-corrected chi connectivity index (χ1v) is 15.7. The van der Waals surface area contributed by atoms with Crippen LogP contribution in [0.5, 0.6) is 0 Å². The smallest absolute Gasteiger partial charge is 0.350 e. The molecule has 0 bridgehead atoms. The molecule has 3 aromatic heterocycles. The maximum atomic E-state index is 9.56. The Morgan fingerprint density at radius 1 is 0.795 bits per heavy atom. The highest BCUT2D eigenvalue weighted by molar-refractivity contribution is 7.40. The van der Waals surface area contributed by atoms with Crippen LogP contribution in [0.25, 0.3) is 34.1 Å². The van der Waals surface area contributed by atoms with Gasteiger partial charge >= 0.3 is 11.7 Å². The van der Waals surface area contributed by atoms with Crippen LogP contribution in [-0.2, 0) is 5.41 Å². The lowest BCUT2D eigenvalue weighted by atomic mass is 9.67. The molecule has 3 heterocycles. The van der Waals surface area contributed by atoms with E-state index in [-0.39, 0.29) is 22.5 Å². The molecule has 0 N–H and O–H groups in total. The van der Waals surface area contributed by atoms with Crippen molar-refractivity contribution >= 4 is 75.1 Å². The van der Waals surface area contributed by atoms with E-state index < -0.39 is 0 Å². The maximum Gasteiger partial charge on any atom is 0.350 e. The van der Waals surface area contributed by atoms with Crippen LogP contribution < -0.4 is 0 Å². The second-order valence-electron chi connectivity index (χ2n) is 10.8. The Morgan fingerprint density at radius 2 is 1.44 bits per heavy atom. The molecule has 2 fully saturated rings. The van der Waals surface area contributed by atoms with Gasteiger partial charge in [0, 0.05) is 16.4 Å². The Kier molecular flexibility index (Phi) is 5.62. The van der Waals surface area contributed by atoms with Crippen LogP contribution in [0.15, 0.2) is 33.4 Å². The second-order valence-corrected chi connectivity index (χ2v) is 13.9. The van der Waals surface area contributed by atoms with Gasteiger partial charge in [-0.3, -0.25) is 0 Å². The van der Waals surface area contributed by atoms with Crippen LogP contribution in [0.1, 0.15) is 74.6 Å². The van der Waals surface area contributed by atoms with Gasteiger partial charge in [-0.15, -0.1) is 27.7 Å². The van der Waals surface area contributed by atoms with Gasteiger partial charge in [0.15, 0.2) is 0 Å². The zero-order valence-corrected chi connectivity index (χ0v) is 23.6. The third-order valence-electron chi connectivity index (χ3n) is 8.98. The lowest BCUT2D eigenvalue weighted by molar-refractivity contribution is 0.322. The highest BCUT2D eigenvalue weighted by Gasteiger charge is 2.58. The molecule has 4 aliphatic rings. The number of fused-ring (bicyclic) bond motifs is 9. The third-order valence-corrected chi connectivity index (χ3v) is 12.8. The average molecular weight is 563 g/mol. The maximum absolute atomic E-state index is 9.56. The Morgan fingerprint density at radius 3 is 2.08 bits per heavy atom. The molecule has 190 valence electrons. The molecule has 3 aromatic rings. The van der Waals surface area contributed by atoms with Crippen LogP contribution in [0, 0.1) is 41.2 Å². The standard InChI is InChI=1S/C30H22N6S3/c1-33-20(15-31)35-19-13-17-23(30(19)11-7-4-8-12-30)26-24(29(17)9-5-3-6-10-29)27-28(39-26)25-18(37-27)14-22(38-25)36-21(16-32)34-2/h13-14H,3-12H2/b35-20?,36-21-. The Bertz CT molecular complexity index is 1830. The first kappa shape index (κ1) is 24.4. The summed E-state index contributed by atoms with van der Waals surface area (Å²) in [6.07, 6.45) is 13.7. The van der Waals surface area contributed by atoms with Gasteiger partial charge in [0.25, 0.3) is 0 Å². The van der Waals surface area contributed by atoms with E-state index in [1.54, 1.807) is 11.3 Å². The zero-order chi connectivity index (χ0) is 26.8. The number of aliphatic imine (C=N–C) groups is 2. The van der Waals surface area contributed by atoms with E-state index in [2.05, 4.69) is 20.8 Å². The van der Waals surface area contributed by atoms with Crippen LogP contribution in [-0.4, -0.2) is 11.7 Å². The summed E-state index contributed by atoms with van der Waals surface area (Å²) in [7, 11) is 0. The molecule has 4 aliphatic carbocycles.